The van der Waals surface area contributed by atoms with Gasteiger partial charge in [0.15, 0.2) is 0 Å². The van der Waals surface area contributed by atoms with Gasteiger partial charge in [-0.1, -0.05) is 20.8 Å². The fourth-order valence-corrected chi connectivity index (χ4v) is 2.16. The molecule has 1 heterocycles. The highest BCUT2D eigenvalue weighted by molar-refractivity contribution is 5.14. The third kappa shape index (κ3) is 4.39. The van der Waals surface area contributed by atoms with Crippen molar-refractivity contribution in [1.29, 1.82) is 0 Å². The Labute approximate surface area is 111 Å². The number of nitrogens with two attached hydrogens (primary N) is 1. The molecular weight excluding hydrogens is 222 g/mol. The monoisotopic (exact) mass is 249 g/mol. The van der Waals surface area contributed by atoms with E-state index in [1.807, 2.05) is 12.4 Å². The number of rotatable bonds is 7. The van der Waals surface area contributed by atoms with E-state index in [2.05, 4.69) is 49.7 Å². The molecule has 0 fully saturated rings. The highest BCUT2D eigenvalue weighted by Crippen LogP contribution is 2.24. The maximum atomic E-state index is 5.85. The molecule has 3 nitrogen and oxygen atoms in total. The zero-order valence-corrected chi connectivity index (χ0v) is 12.2. The summed E-state index contributed by atoms with van der Waals surface area (Å²) in [6.45, 7) is 11.8. The molecule has 1 unspecified atom stereocenters. The summed E-state index contributed by atoms with van der Waals surface area (Å²) in [5.41, 5.74) is 7.34. The Bertz CT molecular complexity index is 335. The number of hydrogen-bond donors (Lipinski definition) is 1. The molecule has 0 aliphatic rings. The van der Waals surface area contributed by atoms with Crippen LogP contribution < -0.4 is 5.73 Å². The highest BCUT2D eigenvalue weighted by Gasteiger charge is 2.23. The summed E-state index contributed by atoms with van der Waals surface area (Å²) in [4.78, 5) is 6.60. The molecule has 0 saturated carbocycles. The Morgan fingerprint density at radius 1 is 1.33 bits per heavy atom. The first-order chi connectivity index (χ1) is 8.50. The summed E-state index contributed by atoms with van der Waals surface area (Å²) in [5, 5.41) is 0. The molecule has 0 aliphatic heterocycles. The van der Waals surface area contributed by atoms with Crippen molar-refractivity contribution in [3.8, 4) is 0 Å². The molecule has 1 rings (SSSR count). The predicted molar refractivity (Wildman–Crippen MR) is 77.4 cm³/mol. The topological polar surface area (TPSA) is 42.1 Å². The molecular formula is C15H27N3. The zero-order valence-electron chi connectivity index (χ0n) is 12.2. The van der Waals surface area contributed by atoms with Crippen molar-refractivity contribution in [2.24, 2.45) is 11.1 Å². The maximum Gasteiger partial charge on any atom is 0.0321 e. The maximum absolute atomic E-state index is 5.85. The minimum Gasteiger partial charge on any atom is -0.330 e. The largest absolute Gasteiger partial charge is 0.330 e. The van der Waals surface area contributed by atoms with Gasteiger partial charge in [0.25, 0.3) is 0 Å². The fourth-order valence-electron chi connectivity index (χ4n) is 2.16. The van der Waals surface area contributed by atoms with Crippen LogP contribution in [0.15, 0.2) is 24.5 Å². The van der Waals surface area contributed by atoms with Crippen LogP contribution in [0.4, 0.5) is 0 Å². The molecule has 0 spiro atoms. The number of nitrogens with zero attached hydrogens (tertiary/aromatic N) is 2. The second kappa shape index (κ2) is 6.86. The number of aromatic nitrogens is 1. The van der Waals surface area contributed by atoms with Gasteiger partial charge in [0.05, 0.1) is 0 Å². The van der Waals surface area contributed by atoms with E-state index in [0.29, 0.717) is 6.04 Å². The Morgan fingerprint density at radius 2 is 1.94 bits per heavy atom. The third-order valence-electron chi connectivity index (χ3n) is 3.43. The average Bonchev–Trinajstić information content (AvgIpc) is 2.38. The van der Waals surface area contributed by atoms with Crippen molar-refractivity contribution in [2.75, 3.05) is 19.6 Å². The van der Waals surface area contributed by atoms with Gasteiger partial charge in [-0.15, -0.1) is 0 Å². The first-order valence-electron chi connectivity index (χ1n) is 6.84. The average molecular weight is 249 g/mol. The SMILES string of the molecule is CCCN(CC(C)(C)CN)C(C)c1ccncc1. The van der Waals surface area contributed by atoms with Crippen molar-refractivity contribution in [3.63, 3.8) is 0 Å². The number of pyridine rings is 1. The minimum absolute atomic E-state index is 0.163. The first-order valence-corrected chi connectivity index (χ1v) is 6.84. The van der Waals surface area contributed by atoms with Crippen LogP contribution in [-0.2, 0) is 0 Å². The molecule has 1 aromatic heterocycles. The van der Waals surface area contributed by atoms with Crippen LogP contribution in [0.3, 0.4) is 0 Å². The standard InChI is InChI=1S/C15H27N3/c1-5-10-18(12-15(3,4)11-16)13(2)14-6-8-17-9-7-14/h6-9,13H,5,10-12,16H2,1-4H3. The van der Waals surface area contributed by atoms with Crippen LogP contribution in [0.1, 0.15) is 45.7 Å². The van der Waals surface area contributed by atoms with E-state index >= 15 is 0 Å². The summed E-state index contributed by atoms with van der Waals surface area (Å²) < 4.78 is 0. The van der Waals surface area contributed by atoms with Crippen LogP contribution in [0.2, 0.25) is 0 Å². The summed E-state index contributed by atoms with van der Waals surface area (Å²) in [6.07, 6.45) is 4.89. The smallest absolute Gasteiger partial charge is 0.0321 e. The normalized spacial score (nSPS) is 13.9. The van der Waals surface area contributed by atoms with Gasteiger partial charge in [-0.05, 0) is 49.5 Å². The summed E-state index contributed by atoms with van der Waals surface area (Å²) >= 11 is 0. The van der Waals surface area contributed by atoms with E-state index < -0.39 is 0 Å². The van der Waals surface area contributed by atoms with E-state index in [9.17, 15) is 0 Å². The van der Waals surface area contributed by atoms with Crippen molar-refractivity contribution in [3.05, 3.63) is 30.1 Å². The van der Waals surface area contributed by atoms with Gasteiger partial charge < -0.3 is 5.73 Å². The molecule has 0 aromatic carbocycles. The molecule has 0 aliphatic carbocycles. The number of hydrogen-bond acceptors (Lipinski definition) is 3. The van der Waals surface area contributed by atoms with Crippen molar-refractivity contribution < 1.29 is 0 Å². The quantitative estimate of drug-likeness (QED) is 0.808. The predicted octanol–water partition coefficient (Wildman–Crippen LogP) is 2.84. The van der Waals surface area contributed by atoms with Crippen molar-refractivity contribution in [2.45, 2.75) is 40.2 Å². The Morgan fingerprint density at radius 3 is 2.44 bits per heavy atom. The lowest BCUT2D eigenvalue weighted by atomic mass is 9.92. The highest BCUT2D eigenvalue weighted by atomic mass is 15.2. The van der Waals surface area contributed by atoms with Gasteiger partial charge in [-0.2, -0.15) is 0 Å². The first kappa shape index (κ1) is 15.1. The van der Waals surface area contributed by atoms with Crippen LogP contribution >= 0.6 is 0 Å². The van der Waals surface area contributed by atoms with E-state index in [4.69, 9.17) is 5.73 Å². The van der Waals surface area contributed by atoms with Gasteiger partial charge in [-0.3, -0.25) is 9.88 Å². The molecule has 102 valence electrons. The molecule has 3 heteroatoms. The summed E-state index contributed by atoms with van der Waals surface area (Å²) in [6, 6.07) is 4.62. The second-order valence-corrected chi connectivity index (χ2v) is 5.80. The lowest BCUT2D eigenvalue weighted by molar-refractivity contribution is 0.140. The third-order valence-corrected chi connectivity index (χ3v) is 3.43. The van der Waals surface area contributed by atoms with Crippen LogP contribution in [-0.4, -0.2) is 29.5 Å². The second-order valence-electron chi connectivity index (χ2n) is 5.80. The van der Waals surface area contributed by atoms with E-state index in [1.54, 1.807) is 0 Å². The zero-order chi connectivity index (χ0) is 13.6. The lowest BCUT2D eigenvalue weighted by Gasteiger charge is -2.36. The van der Waals surface area contributed by atoms with Gasteiger partial charge in [0, 0.05) is 25.0 Å². The van der Waals surface area contributed by atoms with E-state index in [0.717, 1.165) is 26.1 Å². The van der Waals surface area contributed by atoms with E-state index in [-0.39, 0.29) is 5.41 Å². The molecule has 0 radical (unpaired) electrons. The van der Waals surface area contributed by atoms with Crippen molar-refractivity contribution in [1.82, 2.24) is 9.88 Å². The van der Waals surface area contributed by atoms with Gasteiger partial charge in [0.1, 0.15) is 0 Å². The molecule has 0 saturated heterocycles. The molecule has 1 aromatic rings. The van der Waals surface area contributed by atoms with Gasteiger partial charge in [0.2, 0.25) is 0 Å². The Kier molecular flexibility index (Phi) is 5.76. The van der Waals surface area contributed by atoms with Crippen LogP contribution in [0, 0.1) is 5.41 Å². The molecule has 0 bridgehead atoms. The van der Waals surface area contributed by atoms with E-state index in [1.165, 1.54) is 5.56 Å². The Hall–Kier alpha value is -0.930. The molecule has 1 atom stereocenters. The van der Waals surface area contributed by atoms with Gasteiger partial charge >= 0.3 is 0 Å². The Balaban J connectivity index is 2.78. The van der Waals surface area contributed by atoms with Gasteiger partial charge in [-0.25, -0.2) is 0 Å². The fraction of sp³-hybridized carbons (Fsp3) is 0.667. The molecule has 2 N–H and O–H groups in total. The molecule has 18 heavy (non-hydrogen) atoms. The van der Waals surface area contributed by atoms with Crippen molar-refractivity contribution >= 4 is 0 Å². The van der Waals surface area contributed by atoms with Crippen LogP contribution in [0.5, 0.6) is 0 Å². The lowest BCUT2D eigenvalue weighted by Crippen LogP contribution is -2.40. The summed E-state index contributed by atoms with van der Waals surface area (Å²) in [5.74, 6) is 0. The minimum atomic E-state index is 0.163. The summed E-state index contributed by atoms with van der Waals surface area (Å²) in [7, 11) is 0. The molecule has 0 amide bonds. The van der Waals surface area contributed by atoms with Crippen LogP contribution in [0.25, 0.3) is 0 Å².